The number of carbonyl (C=O) groups excluding carboxylic acids is 1. The van der Waals surface area contributed by atoms with Gasteiger partial charge in [-0.25, -0.2) is 4.79 Å². The molecule has 2 rings (SSSR count). The van der Waals surface area contributed by atoms with E-state index >= 15 is 0 Å². The minimum atomic E-state index is -0.346. The van der Waals surface area contributed by atoms with Crippen LogP contribution in [0.15, 0.2) is 48.0 Å². The predicted octanol–water partition coefficient (Wildman–Crippen LogP) is 5.57. The van der Waals surface area contributed by atoms with Crippen LogP contribution in [0.1, 0.15) is 40.9 Å². The molecule has 0 N–H and O–H groups in total. The zero-order valence-corrected chi connectivity index (χ0v) is 18.9. The molecular formula is C24H29ClO5. The summed E-state index contributed by atoms with van der Waals surface area (Å²) in [4.78, 5) is 11.5. The molecule has 0 aliphatic carbocycles. The number of hydrogen-bond donors (Lipinski definition) is 0. The summed E-state index contributed by atoms with van der Waals surface area (Å²) in [6.45, 7) is 4.28. The Morgan fingerprint density at radius 3 is 2.20 bits per heavy atom. The van der Waals surface area contributed by atoms with E-state index < -0.39 is 0 Å². The van der Waals surface area contributed by atoms with Crippen molar-refractivity contribution in [2.24, 2.45) is 0 Å². The van der Waals surface area contributed by atoms with Crippen molar-refractivity contribution in [3.63, 3.8) is 0 Å². The summed E-state index contributed by atoms with van der Waals surface area (Å²) in [7, 11) is 4.58. The number of methoxy groups -OCH3 is 3. The largest absolute Gasteiger partial charge is 0.493 e. The second-order valence-electron chi connectivity index (χ2n) is 6.69. The molecule has 2 aromatic carbocycles. The van der Waals surface area contributed by atoms with E-state index in [1.54, 1.807) is 26.4 Å². The zero-order valence-electron chi connectivity index (χ0n) is 18.1. The lowest BCUT2D eigenvalue weighted by Crippen LogP contribution is -2.04. The third kappa shape index (κ3) is 7.25. The van der Waals surface area contributed by atoms with Crippen LogP contribution in [-0.4, -0.2) is 34.1 Å². The molecule has 0 unspecified atom stereocenters. The van der Waals surface area contributed by atoms with E-state index in [2.05, 4.69) is 26.0 Å². The summed E-state index contributed by atoms with van der Waals surface area (Å²) in [5.41, 5.74) is 4.73. The van der Waals surface area contributed by atoms with Gasteiger partial charge in [0.15, 0.2) is 18.3 Å². The van der Waals surface area contributed by atoms with Crippen LogP contribution in [0.3, 0.4) is 0 Å². The second kappa shape index (κ2) is 12.7. The smallest absolute Gasteiger partial charge is 0.337 e. The Balaban J connectivity index is 0.00000450. The molecule has 30 heavy (non-hydrogen) atoms. The van der Waals surface area contributed by atoms with Gasteiger partial charge in [0.1, 0.15) is 0 Å². The van der Waals surface area contributed by atoms with Gasteiger partial charge in [-0.3, -0.25) is 0 Å². The summed E-state index contributed by atoms with van der Waals surface area (Å²) < 4.78 is 21.1. The van der Waals surface area contributed by atoms with Crippen LogP contribution in [0.25, 0.3) is 12.2 Å². The highest BCUT2D eigenvalue weighted by molar-refractivity contribution is 5.89. The fourth-order valence-electron chi connectivity index (χ4n) is 2.72. The zero-order chi connectivity index (χ0) is 21.2. The molecule has 0 bridgehead atoms. The van der Waals surface area contributed by atoms with E-state index in [1.165, 1.54) is 12.7 Å². The SMILES string of the molecule is COCOc1c(CC=C(C)C)cc(C=Cc2ccc(C(=O)OC)cc2)cc1OC.Cl. The third-order valence-electron chi connectivity index (χ3n) is 4.23. The van der Waals surface area contributed by atoms with E-state index in [4.69, 9.17) is 18.9 Å². The van der Waals surface area contributed by atoms with Crippen molar-refractivity contribution in [3.8, 4) is 11.5 Å². The van der Waals surface area contributed by atoms with Crippen LogP contribution >= 0.6 is 12.4 Å². The predicted molar refractivity (Wildman–Crippen MR) is 123 cm³/mol. The number of rotatable bonds is 9. The van der Waals surface area contributed by atoms with Crippen molar-refractivity contribution >= 4 is 30.5 Å². The quantitative estimate of drug-likeness (QED) is 0.224. The van der Waals surface area contributed by atoms with E-state index in [-0.39, 0.29) is 25.2 Å². The van der Waals surface area contributed by atoms with Crippen LogP contribution in [0.5, 0.6) is 11.5 Å². The van der Waals surface area contributed by atoms with Gasteiger partial charge in [-0.15, -0.1) is 12.4 Å². The summed E-state index contributed by atoms with van der Waals surface area (Å²) >= 11 is 0. The molecule has 0 amide bonds. The van der Waals surface area contributed by atoms with Gasteiger partial charge in [-0.1, -0.05) is 35.9 Å². The van der Waals surface area contributed by atoms with Crippen molar-refractivity contribution in [2.45, 2.75) is 20.3 Å². The Morgan fingerprint density at radius 1 is 0.967 bits per heavy atom. The molecule has 0 aliphatic rings. The number of hydrogen-bond acceptors (Lipinski definition) is 5. The molecule has 0 saturated heterocycles. The van der Waals surface area contributed by atoms with E-state index in [0.29, 0.717) is 17.1 Å². The summed E-state index contributed by atoms with van der Waals surface area (Å²) in [5, 5.41) is 0. The Hall–Kier alpha value is -2.76. The normalized spacial score (nSPS) is 10.3. The lowest BCUT2D eigenvalue weighted by molar-refractivity contribution is 0.0485. The Labute approximate surface area is 184 Å². The van der Waals surface area contributed by atoms with Crippen molar-refractivity contribution in [2.75, 3.05) is 28.1 Å². The van der Waals surface area contributed by atoms with Gasteiger partial charge in [0.2, 0.25) is 0 Å². The molecule has 162 valence electrons. The topological polar surface area (TPSA) is 54.0 Å². The molecule has 0 spiro atoms. The van der Waals surface area contributed by atoms with Gasteiger partial charge in [0.05, 0.1) is 19.8 Å². The lowest BCUT2D eigenvalue weighted by Gasteiger charge is -2.15. The van der Waals surface area contributed by atoms with Crippen LogP contribution in [0, 0.1) is 0 Å². The maximum absolute atomic E-state index is 11.5. The fraction of sp³-hybridized carbons (Fsp3) is 0.292. The molecule has 0 heterocycles. The minimum Gasteiger partial charge on any atom is -0.493 e. The average Bonchev–Trinajstić information content (AvgIpc) is 2.74. The van der Waals surface area contributed by atoms with Crippen LogP contribution in [0.2, 0.25) is 0 Å². The molecule has 0 atom stereocenters. The van der Waals surface area contributed by atoms with Gasteiger partial charge in [-0.2, -0.15) is 0 Å². The molecule has 0 aliphatic heterocycles. The number of carbonyl (C=O) groups is 1. The van der Waals surface area contributed by atoms with Gasteiger partial charge < -0.3 is 18.9 Å². The molecule has 0 fully saturated rings. The molecule has 0 radical (unpaired) electrons. The molecule has 2 aromatic rings. The Bertz CT molecular complexity index is 881. The molecule has 6 heteroatoms. The number of allylic oxidation sites excluding steroid dienone is 2. The van der Waals surface area contributed by atoms with Gasteiger partial charge in [-0.05, 0) is 55.7 Å². The minimum absolute atomic E-state index is 0. The average molecular weight is 433 g/mol. The highest BCUT2D eigenvalue weighted by atomic mass is 35.5. The van der Waals surface area contributed by atoms with Crippen molar-refractivity contribution in [1.29, 1.82) is 0 Å². The number of ether oxygens (including phenoxy) is 4. The van der Waals surface area contributed by atoms with Crippen molar-refractivity contribution in [3.05, 3.63) is 70.3 Å². The first-order valence-corrected chi connectivity index (χ1v) is 9.31. The number of benzene rings is 2. The van der Waals surface area contributed by atoms with Gasteiger partial charge >= 0.3 is 5.97 Å². The lowest BCUT2D eigenvalue weighted by atomic mass is 10.0. The molecule has 0 aromatic heterocycles. The summed E-state index contributed by atoms with van der Waals surface area (Å²) in [5.74, 6) is 0.995. The highest BCUT2D eigenvalue weighted by Crippen LogP contribution is 2.34. The summed E-state index contributed by atoms with van der Waals surface area (Å²) in [6.07, 6.45) is 6.86. The monoisotopic (exact) mass is 432 g/mol. The fourth-order valence-corrected chi connectivity index (χ4v) is 2.72. The second-order valence-corrected chi connectivity index (χ2v) is 6.69. The standard InChI is InChI=1S/C24H28O5.ClH/c1-17(2)6-11-21-14-19(15-22(27-4)23(21)29-16-26-3)8-7-18-9-12-20(13-10-18)24(25)28-5;/h6-10,12-15H,11,16H2,1-5H3;1H. The van der Waals surface area contributed by atoms with E-state index in [1.807, 2.05) is 30.4 Å². The van der Waals surface area contributed by atoms with Crippen LogP contribution in [-0.2, 0) is 15.9 Å². The van der Waals surface area contributed by atoms with Crippen molar-refractivity contribution in [1.82, 2.24) is 0 Å². The molecule has 0 saturated carbocycles. The number of halogens is 1. The molecular weight excluding hydrogens is 404 g/mol. The summed E-state index contributed by atoms with van der Waals surface area (Å²) in [6, 6.07) is 11.2. The van der Waals surface area contributed by atoms with Gasteiger partial charge in [0, 0.05) is 12.7 Å². The van der Waals surface area contributed by atoms with E-state index in [0.717, 1.165) is 23.1 Å². The first kappa shape index (κ1) is 25.3. The van der Waals surface area contributed by atoms with Gasteiger partial charge in [0.25, 0.3) is 0 Å². The third-order valence-corrected chi connectivity index (χ3v) is 4.23. The van der Waals surface area contributed by atoms with Crippen LogP contribution < -0.4 is 9.47 Å². The first-order chi connectivity index (χ1) is 14.0. The maximum Gasteiger partial charge on any atom is 0.337 e. The Morgan fingerprint density at radius 2 is 1.63 bits per heavy atom. The van der Waals surface area contributed by atoms with Crippen LogP contribution in [0.4, 0.5) is 0 Å². The van der Waals surface area contributed by atoms with E-state index in [9.17, 15) is 4.79 Å². The Kier molecular flexibility index (Phi) is 10.7. The van der Waals surface area contributed by atoms with Crippen molar-refractivity contribution < 1.29 is 23.7 Å². The first-order valence-electron chi connectivity index (χ1n) is 9.31. The molecule has 5 nitrogen and oxygen atoms in total. The highest BCUT2D eigenvalue weighted by Gasteiger charge is 2.12. The number of esters is 1. The maximum atomic E-state index is 11.5.